The Morgan fingerprint density at radius 1 is 1.26 bits per heavy atom. The zero-order chi connectivity index (χ0) is 19.6. The normalized spacial score (nSPS) is 13.2. The van der Waals surface area contributed by atoms with Gasteiger partial charge in [-0.25, -0.2) is 4.79 Å². The predicted molar refractivity (Wildman–Crippen MR) is 105 cm³/mol. The van der Waals surface area contributed by atoms with Crippen LogP contribution in [0.5, 0.6) is 0 Å². The van der Waals surface area contributed by atoms with Gasteiger partial charge in [0.2, 0.25) is 0 Å². The van der Waals surface area contributed by atoms with E-state index < -0.39 is 4.92 Å². The Bertz CT molecular complexity index is 967. The molecule has 0 saturated carbocycles. The highest BCUT2D eigenvalue weighted by atomic mass is 35.5. The summed E-state index contributed by atoms with van der Waals surface area (Å²) in [7, 11) is 0. The summed E-state index contributed by atoms with van der Waals surface area (Å²) in [4.78, 5) is 22.9. The number of nitro groups is 1. The smallest absolute Gasteiger partial charge is 0.336 e. The van der Waals surface area contributed by atoms with Gasteiger partial charge in [0.05, 0.1) is 10.6 Å². The molecule has 1 aliphatic heterocycles. The van der Waals surface area contributed by atoms with E-state index >= 15 is 0 Å². The molecule has 0 radical (unpaired) electrons. The number of fused-ring (bicyclic) bond motifs is 1. The molecule has 1 aliphatic rings. The van der Waals surface area contributed by atoms with E-state index in [0.29, 0.717) is 28.5 Å². The van der Waals surface area contributed by atoms with E-state index in [1.807, 2.05) is 19.1 Å². The topological polar surface area (TPSA) is 87.8 Å². The average molecular weight is 385 g/mol. The molecule has 0 spiro atoms. The van der Waals surface area contributed by atoms with Crippen LogP contribution < -0.4 is 5.32 Å². The number of halogens is 1. The molecule has 3 rings (SSSR count). The number of hydrogen-bond acceptors (Lipinski definition) is 4. The van der Waals surface area contributed by atoms with Crippen molar-refractivity contribution >= 4 is 35.1 Å². The number of allylic oxidation sites excluding steroid dienone is 1. The van der Waals surface area contributed by atoms with E-state index in [1.165, 1.54) is 17.1 Å². The number of nitro benzene ring substituents is 1. The Hall–Kier alpha value is -3.19. The van der Waals surface area contributed by atoms with Crippen LogP contribution in [0.3, 0.4) is 0 Å². The Balaban J connectivity index is 2.18. The van der Waals surface area contributed by atoms with Crippen LogP contribution in [0, 0.1) is 10.1 Å². The van der Waals surface area contributed by atoms with Gasteiger partial charge in [0.25, 0.3) is 5.69 Å². The number of non-ortho nitro benzene ring substituents is 1. The SMILES string of the molecule is CCNC(=O)N1N=C(c2ccc([N+](=O)[O-])cc2)c2cc(Cl)ccc2C=C1C. The lowest BCUT2D eigenvalue weighted by Gasteiger charge is -2.18. The molecular weight excluding hydrogens is 368 g/mol. The molecule has 2 amide bonds. The second-order valence-electron chi connectivity index (χ2n) is 5.92. The van der Waals surface area contributed by atoms with Gasteiger partial charge in [-0.2, -0.15) is 10.1 Å². The first-order chi connectivity index (χ1) is 12.9. The van der Waals surface area contributed by atoms with Gasteiger partial charge in [-0.1, -0.05) is 17.7 Å². The summed E-state index contributed by atoms with van der Waals surface area (Å²) >= 11 is 6.18. The molecule has 2 aromatic rings. The molecule has 0 bridgehead atoms. The second-order valence-corrected chi connectivity index (χ2v) is 6.35. The van der Waals surface area contributed by atoms with Crippen molar-refractivity contribution in [1.82, 2.24) is 10.3 Å². The van der Waals surface area contributed by atoms with Gasteiger partial charge >= 0.3 is 6.03 Å². The van der Waals surface area contributed by atoms with Gasteiger partial charge in [0.1, 0.15) is 0 Å². The fraction of sp³-hybridized carbons (Fsp3) is 0.158. The second kappa shape index (κ2) is 7.59. The highest BCUT2D eigenvalue weighted by Gasteiger charge is 2.22. The van der Waals surface area contributed by atoms with Crippen molar-refractivity contribution in [3.8, 4) is 0 Å². The van der Waals surface area contributed by atoms with Crippen LogP contribution in [0.25, 0.3) is 6.08 Å². The molecule has 0 aliphatic carbocycles. The van der Waals surface area contributed by atoms with Crippen molar-refractivity contribution in [2.24, 2.45) is 5.10 Å². The number of benzene rings is 2. The van der Waals surface area contributed by atoms with Crippen LogP contribution in [0.2, 0.25) is 5.02 Å². The van der Waals surface area contributed by atoms with Crippen LogP contribution in [-0.2, 0) is 0 Å². The molecule has 8 heteroatoms. The van der Waals surface area contributed by atoms with Crippen LogP contribution in [0.15, 0.2) is 53.3 Å². The summed E-state index contributed by atoms with van der Waals surface area (Å²) in [5, 5.41) is 20.0. The highest BCUT2D eigenvalue weighted by molar-refractivity contribution is 6.31. The molecule has 2 aromatic carbocycles. The molecule has 7 nitrogen and oxygen atoms in total. The van der Waals surface area contributed by atoms with Gasteiger partial charge in [0.15, 0.2) is 0 Å². The number of nitrogens with one attached hydrogen (secondary N) is 1. The molecule has 1 N–H and O–H groups in total. The number of hydrazone groups is 1. The number of rotatable bonds is 3. The minimum absolute atomic E-state index is 0.0193. The summed E-state index contributed by atoms with van der Waals surface area (Å²) in [6.45, 7) is 4.07. The average Bonchev–Trinajstić information content (AvgIpc) is 2.78. The zero-order valence-corrected chi connectivity index (χ0v) is 15.5. The lowest BCUT2D eigenvalue weighted by atomic mass is 9.97. The maximum atomic E-state index is 12.5. The van der Waals surface area contributed by atoms with Gasteiger partial charge in [0, 0.05) is 40.5 Å². The van der Waals surface area contributed by atoms with E-state index in [0.717, 1.165) is 11.1 Å². The van der Waals surface area contributed by atoms with Crippen molar-refractivity contribution in [3.63, 3.8) is 0 Å². The van der Waals surface area contributed by atoms with Crippen molar-refractivity contribution in [1.29, 1.82) is 0 Å². The molecular formula is C19H17ClN4O3. The van der Waals surface area contributed by atoms with Crippen molar-refractivity contribution < 1.29 is 9.72 Å². The predicted octanol–water partition coefficient (Wildman–Crippen LogP) is 4.41. The number of urea groups is 1. The van der Waals surface area contributed by atoms with E-state index in [2.05, 4.69) is 10.4 Å². The molecule has 0 fully saturated rings. The number of carbonyl (C=O) groups excluding carboxylic acids is 1. The number of nitrogens with zero attached hydrogens (tertiary/aromatic N) is 3. The first-order valence-electron chi connectivity index (χ1n) is 8.30. The van der Waals surface area contributed by atoms with Crippen LogP contribution in [0.4, 0.5) is 10.5 Å². The lowest BCUT2D eigenvalue weighted by molar-refractivity contribution is -0.384. The fourth-order valence-corrected chi connectivity index (χ4v) is 2.94. The van der Waals surface area contributed by atoms with Crippen molar-refractivity contribution in [2.75, 3.05) is 6.54 Å². The standard InChI is InChI=1S/C19H17ClN4O3/c1-3-21-19(25)23-12(2)10-14-4-7-15(20)11-17(14)18(22-23)13-5-8-16(9-6-13)24(26)27/h4-11H,3H2,1-2H3,(H,21,25). The van der Waals surface area contributed by atoms with E-state index in [9.17, 15) is 14.9 Å². The number of carbonyl (C=O) groups is 1. The maximum absolute atomic E-state index is 12.5. The van der Waals surface area contributed by atoms with E-state index in [-0.39, 0.29) is 11.7 Å². The van der Waals surface area contributed by atoms with Gasteiger partial charge in [-0.05, 0) is 49.8 Å². The molecule has 0 aromatic heterocycles. The van der Waals surface area contributed by atoms with Gasteiger partial charge < -0.3 is 5.32 Å². The Morgan fingerprint density at radius 2 is 1.96 bits per heavy atom. The lowest BCUT2D eigenvalue weighted by Crippen LogP contribution is -2.35. The molecule has 0 saturated heterocycles. The van der Waals surface area contributed by atoms with Crippen molar-refractivity contribution in [2.45, 2.75) is 13.8 Å². The van der Waals surface area contributed by atoms with Gasteiger partial charge in [-0.3, -0.25) is 10.1 Å². The summed E-state index contributed by atoms with van der Waals surface area (Å²) in [5.41, 5.74) is 3.35. The largest absolute Gasteiger partial charge is 0.342 e. The van der Waals surface area contributed by atoms with Gasteiger partial charge in [-0.15, -0.1) is 0 Å². The fourth-order valence-electron chi connectivity index (χ4n) is 2.76. The van der Waals surface area contributed by atoms with Crippen LogP contribution in [0.1, 0.15) is 30.5 Å². The zero-order valence-electron chi connectivity index (χ0n) is 14.8. The van der Waals surface area contributed by atoms with Crippen LogP contribution in [-0.4, -0.2) is 28.2 Å². The summed E-state index contributed by atoms with van der Waals surface area (Å²) in [6.07, 6.45) is 1.85. The molecule has 0 atom stereocenters. The number of hydrogen-bond donors (Lipinski definition) is 1. The molecule has 1 heterocycles. The maximum Gasteiger partial charge on any atom is 0.342 e. The summed E-state index contributed by atoms with van der Waals surface area (Å²) in [5.74, 6) is 0. The Labute approximate surface area is 161 Å². The van der Waals surface area contributed by atoms with E-state index in [4.69, 9.17) is 11.6 Å². The minimum atomic E-state index is -0.462. The molecule has 138 valence electrons. The quantitative estimate of drug-likeness (QED) is 0.628. The first-order valence-corrected chi connectivity index (χ1v) is 8.68. The van der Waals surface area contributed by atoms with Crippen molar-refractivity contribution in [3.05, 3.63) is 80.0 Å². The number of amides is 2. The Morgan fingerprint density at radius 3 is 2.59 bits per heavy atom. The third kappa shape index (κ3) is 3.83. The molecule has 27 heavy (non-hydrogen) atoms. The van der Waals surface area contributed by atoms with Crippen LogP contribution >= 0.6 is 11.6 Å². The Kier molecular flexibility index (Phi) is 5.23. The minimum Gasteiger partial charge on any atom is -0.336 e. The highest BCUT2D eigenvalue weighted by Crippen LogP contribution is 2.27. The third-order valence-corrected chi connectivity index (χ3v) is 4.28. The van der Waals surface area contributed by atoms with E-state index in [1.54, 1.807) is 31.2 Å². The first kappa shape index (κ1) is 18.6. The monoisotopic (exact) mass is 384 g/mol. The third-order valence-electron chi connectivity index (χ3n) is 4.04. The molecule has 0 unspecified atom stereocenters. The summed E-state index contributed by atoms with van der Waals surface area (Å²) in [6, 6.07) is 11.1. The summed E-state index contributed by atoms with van der Waals surface area (Å²) < 4.78 is 0.